The van der Waals surface area contributed by atoms with Crippen LogP contribution in [0.5, 0.6) is 0 Å². The average Bonchev–Trinajstić information content (AvgIpc) is 1.76. The predicted octanol–water partition coefficient (Wildman–Crippen LogP) is -1.79. The second-order valence-electron chi connectivity index (χ2n) is 0.894. The van der Waals surface area contributed by atoms with E-state index >= 15 is 0 Å². The van der Waals surface area contributed by atoms with Gasteiger partial charge in [0.05, 0.1) is 20.3 Å². The normalized spacial score (nSPS) is 5.05. The molecule has 17 nitrogen and oxygen atoms in total. The summed E-state index contributed by atoms with van der Waals surface area (Å²) in [5, 5.41) is 59.0. The van der Waals surface area contributed by atoms with Crippen LogP contribution in [0, 0.1) is 61.3 Å². The van der Waals surface area contributed by atoms with E-state index in [2.05, 4.69) is 0 Å². The molecule has 116 valence electrons. The molecule has 19 heteroatoms. The molecule has 2 N–H and O–H groups in total. The molecule has 0 atom stereocenters. The first-order valence-corrected chi connectivity index (χ1v) is 2.19. The Hall–Kier alpha value is -2.20. The minimum atomic E-state index is -1.75. The Morgan fingerprint density at radius 1 is 0.421 bits per heavy atom. The first-order chi connectivity index (χ1) is 6.93. The maximum Gasteiger partial charge on any atom is 2.00 e. The first-order valence-electron chi connectivity index (χ1n) is 2.19. The summed E-state index contributed by atoms with van der Waals surface area (Å²) in [5.74, 6) is 0. The topological polar surface area (TPSA) is 296 Å². The third-order valence-electron chi connectivity index (χ3n) is 0. The average molecular weight is 378 g/mol. The van der Waals surface area contributed by atoms with Crippen LogP contribution in [0.1, 0.15) is 0 Å². The number of hydrogen-bond donors (Lipinski definition) is 0. The Kier molecular flexibility index (Phi) is 82.8. The van der Waals surface area contributed by atoms with Gasteiger partial charge in [-0.05, 0) is 0 Å². The van der Waals surface area contributed by atoms with Gasteiger partial charge in [0, 0.05) is 0 Å². The maximum atomic E-state index is 8.25. The summed E-state index contributed by atoms with van der Waals surface area (Å²) in [6.07, 6.45) is 0. The molecule has 0 aliphatic rings. The molecule has 0 fully saturated rings. The number of hydrogen-bond acceptors (Lipinski definition) is 12. The Balaban J connectivity index is -0.0000000192. The van der Waals surface area contributed by atoms with E-state index in [4.69, 9.17) is 61.3 Å². The Labute approximate surface area is 122 Å². The van der Waals surface area contributed by atoms with Gasteiger partial charge < -0.3 is 66.8 Å². The molecule has 0 rings (SSSR count). The fourth-order valence-corrected chi connectivity index (χ4v) is 0. The van der Waals surface area contributed by atoms with Crippen molar-refractivity contribution in [2.75, 3.05) is 0 Å². The number of nitrogens with zero attached hydrogens (tertiary/aromatic N) is 4. The monoisotopic (exact) mass is 378 g/mol. The van der Waals surface area contributed by atoms with Gasteiger partial charge in [0.15, 0.2) is 0 Å². The third kappa shape index (κ3) is 621. The van der Waals surface area contributed by atoms with Crippen LogP contribution < -0.4 is 0 Å². The van der Waals surface area contributed by atoms with Crippen molar-refractivity contribution in [3.05, 3.63) is 61.3 Å². The van der Waals surface area contributed by atoms with Crippen LogP contribution in [0.2, 0.25) is 0 Å². The summed E-state index contributed by atoms with van der Waals surface area (Å²) in [5.41, 5.74) is 0. The smallest absolute Gasteiger partial charge is 0.412 e. The molecule has 0 saturated heterocycles. The summed E-state index contributed by atoms with van der Waals surface area (Å²) < 4.78 is 0. The summed E-state index contributed by atoms with van der Waals surface area (Å²) in [6, 6.07) is 0. The van der Waals surface area contributed by atoms with E-state index in [1.807, 2.05) is 0 Å². The molecule has 0 aromatic heterocycles. The van der Waals surface area contributed by atoms with Crippen LogP contribution in [-0.2, 0) is 34.1 Å². The fourth-order valence-electron chi connectivity index (χ4n) is 0. The van der Waals surface area contributed by atoms with Gasteiger partial charge in [0.1, 0.15) is 0 Å². The fraction of sp³-hybridized carbons (Fsp3) is 0. The van der Waals surface area contributed by atoms with Crippen molar-refractivity contribution < 1.29 is 60.0 Å². The summed E-state index contributed by atoms with van der Waals surface area (Å²) >= 11 is 0. The van der Waals surface area contributed by atoms with Gasteiger partial charge in [0.2, 0.25) is 0 Å². The molecule has 0 spiro atoms. The zero-order valence-corrected chi connectivity index (χ0v) is 10.1. The van der Waals surface area contributed by atoms with Crippen molar-refractivity contribution >= 4 is 0 Å². The Morgan fingerprint density at radius 3 is 0.421 bits per heavy atom. The minimum Gasteiger partial charge on any atom is -0.412 e. The molecule has 0 amide bonds. The SMILES string of the molecule is O.O=[N+]([O-])[O-].O=[N+]([O-])[O-].O=[N+]([O-])[O-].O=[N+]([O-])[O-].[Fe+2].[Fe+2]. The summed E-state index contributed by atoms with van der Waals surface area (Å²) in [6.45, 7) is 0. The van der Waals surface area contributed by atoms with Gasteiger partial charge in [-0.1, -0.05) is 0 Å². The molecule has 0 saturated carbocycles. The van der Waals surface area contributed by atoms with E-state index in [1.165, 1.54) is 0 Å². The first kappa shape index (κ1) is 43.7. The van der Waals surface area contributed by atoms with Crippen LogP contribution >= 0.6 is 0 Å². The molecule has 0 aliphatic carbocycles. The van der Waals surface area contributed by atoms with E-state index in [0.717, 1.165) is 0 Å². The van der Waals surface area contributed by atoms with Gasteiger partial charge >= 0.3 is 34.1 Å². The van der Waals surface area contributed by atoms with Gasteiger partial charge in [-0.2, -0.15) is 0 Å². The van der Waals surface area contributed by atoms with E-state index < -0.39 is 20.3 Å². The zero-order chi connectivity index (χ0) is 14.3. The second kappa shape index (κ2) is 36.0. The predicted molar refractivity (Wildman–Crippen MR) is 45.1 cm³/mol. The second-order valence-corrected chi connectivity index (χ2v) is 0.894. The third-order valence-corrected chi connectivity index (χ3v) is 0. The van der Waals surface area contributed by atoms with Crippen molar-refractivity contribution in [2.45, 2.75) is 0 Å². The summed E-state index contributed by atoms with van der Waals surface area (Å²) in [7, 11) is 0. The quantitative estimate of drug-likeness (QED) is 0.256. The molecule has 0 aliphatic heterocycles. The molecule has 0 radical (unpaired) electrons. The van der Waals surface area contributed by atoms with Gasteiger partial charge in [-0.15, -0.1) is 0 Å². The van der Waals surface area contributed by atoms with Gasteiger partial charge in [-0.25, -0.2) is 0 Å². The van der Waals surface area contributed by atoms with Crippen LogP contribution in [-0.4, -0.2) is 25.8 Å². The number of rotatable bonds is 0. The van der Waals surface area contributed by atoms with Gasteiger partial charge in [0.25, 0.3) is 0 Å². The minimum absolute atomic E-state index is 0. The van der Waals surface area contributed by atoms with Gasteiger partial charge in [-0.3, -0.25) is 0 Å². The molecular formula is H2Fe2N4O13. The standard InChI is InChI=1S/2Fe.4NO3.H2O/c;;4*2-1(3)4;/h;;;;;;1H2/q2*+2;4*-1;. The van der Waals surface area contributed by atoms with E-state index in [-0.39, 0.29) is 39.6 Å². The molecule has 0 aromatic carbocycles. The van der Waals surface area contributed by atoms with Crippen molar-refractivity contribution in [1.82, 2.24) is 0 Å². The molecule has 19 heavy (non-hydrogen) atoms. The molecule has 0 aromatic rings. The molecule has 0 heterocycles. The van der Waals surface area contributed by atoms with Crippen LogP contribution in [0.4, 0.5) is 0 Å². The van der Waals surface area contributed by atoms with Crippen LogP contribution in [0.3, 0.4) is 0 Å². The molecular weight excluding hydrogens is 376 g/mol. The van der Waals surface area contributed by atoms with Crippen molar-refractivity contribution in [2.24, 2.45) is 0 Å². The van der Waals surface area contributed by atoms with Crippen LogP contribution in [0.15, 0.2) is 0 Å². The van der Waals surface area contributed by atoms with Crippen molar-refractivity contribution in [1.29, 1.82) is 0 Å². The summed E-state index contributed by atoms with van der Waals surface area (Å²) in [4.78, 5) is 33.0. The van der Waals surface area contributed by atoms with E-state index in [9.17, 15) is 0 Å². The maximum absolute atomic E-state index is 8.25. The Morgan fingerprint density at radius 2 is 0.421 bits per heavy atom. The molecule has 0 unspecified atom stereocenters. The van der Waals surface area contributed by atoms with E-state index in [0.29, 0.717) is 0 Å². The Bertz CT molecular complexity index is 163. The molecule has 0 bridgehead atoms. The zero-order valence-electron chi connectivity index (χ0n) is 7.89. The van der Waals surface area contributed by atoms with E-state index in [1.54, 1.807) is 0 Å². The van der Waals surface area contributed by atoms with Crippen LogP contribution in [0.25, 0.3) is 0 Å². The van der Waals surface area contributed by atoms with Crippen molar-refractivity contribution in [3.63, 3.8) is 0 Å². The largest absolute Gasteiger partial charge is 2.00 e. The van der Waals surface area contributed by atoms with Crippen molar-refractivity contribution in [3.8, 4) is 0 Å².